The molecule has 0 radical (unpaired) electrons. The van der Waals surface area contributed by atoms with Crippen molar-refractivity contribution in [2.75, 3.05) is 6.61 Å². The lowest BCUT2D eigenvalue weighted by Gasteiger charge is -2.21. The van der Waals surface area contributed by atoms with Crippen molar-refractivity contribution in [1.82, 2.24) is 0 Å². The summed E-state index contributed by atoms with van der Waals surface area (Å²) in [6, 6.07) is 20.1. The van der Waals surface area contributed by atoms with Crippen LogP contribution in [0.3, 0.4) is 0 Å². The highest BCUT2D eigenvalue weighted by molar-refractivity contribution is 5.82. The van der Waals surface area contributed by atoms with Gasteiger partial charge >= 0.3 is 0 Å². The standard InChI is InChI=1S/C26H25FO.C8H12.C2H5N/c1-18-7-6-10-25(20-8-4-3-5-9-20)26(18)19(2)11-12-21-15-23(27)16-22-17-28-14-13-24(21)22;1-5-8(6-2)7(3)4;1-2-3/h3-10,15-16H,2,11-14,17H2,1H3;5-6H,1,3H2,2,4H3;2-3H,1H3/b;8-6+;. The summed E-state index contributed by atoms with van der Waals surface area (Å²) < 4.78 is 19.6. The van der Waals surface area contributed by atoms with Gasteiger partial charge in [-0.25, -0.2) is 4.39 Å². The Morgan fingerprint density at radius 2 is 1.74 bits per heavy atom. The van der Waals surface area contributed by atoms with Crippen LogP contribution in [0.4, 0.5) is 4.39 Å². The van der Waals surface area contributed by atoms with Gasteiger partial charge in [0.05, 0.1) is 13.2 Å². The Balaban J connectivity index is 0.000000413. The predicted octanol–water partition coefficient (Wildman–Crippen LogP) is 9.87. The maximum Gasteiger partial charge on any atom is 0.123 e. The fourth-order valence-corrected chi connectivity index (χ4v) is 4.73. The number of ether oxygens (including phenoxy) is 1. The third kappa shape index (κ3) is 9.15. The van der Waals surface area contributed by atoms with E-state index < -0.39 is 0 Å². The van der Waals surface area contributed by atoms with E-state index in [0.29, 0.717) is 13.2 Å². The molecule has 3 heteroatoms. The molecule has 2 nitrogen and oxygen atoms in total. The summed E-state index contributed by atoms with van der Waals surface area (Å²) >= 11 is 0. The van der Waals surface area contributed by atoms with Crippen LogP contribution >= 0.6 is 0 Å². The summed E-state index contributed by atoms with van der Waals surface area (Å²) in [4.78, 5) is 0. The van der Waals surface area contributed by atoms with E-state index >= 15 is 0 Å². The van der Waals surface area contributed by atoms with Crippen molar-refractivity contribution in [3.8, 4) is 11.1 Å². The first kappa shape index (κ1) is 31.4. The number of fused-ring (bicyclic) bond motifs is 1. The SMILES string of the molecule is C=C(CCc1cc(F)cc2c1CCOC2)c1c(C)cccc1-c1ccccc1.C=C/C(=C\C)C(=C)C.CC=N. The molecule has 0 aromatic heterocycles. The minimum absolute atomic E-state index is 0.175. The highest BCUT2D eigenvalue weighted by Gasteiger charge is 2.17. The number of hydrogen-bond donors (Lipinski definition) is 1. The maximum absolute atomic E-state index is 14.1. The van der Waals surface area contributed by atoms with E-state index in [2.05, 4.69) is 69.1 Å². The van der Waals surface area contributed by atoms with Crippen molar-refractivity contribution in [3.63, 3.8) is 0 Å². The highest BCUT2D eigenvalue weighted by Crippen LogP contribution is 2.34. The van der Waals surface area contributed by atoms with E-state index in [1.54, 1.807) is 19.1 Å². The van der Waals surface area contributed by atoms with Gasteiger partial charge in [-0.2, -0.15) is 0 Å². The van der Waals surface area contributed by atoms with Crippen LogP contribution < -0.4 is 0 Å². The average molecular weight is 524 g/mol. The molecule has 0 amide bonds. The van der Waals surface area contributed by atoms with Gasteiger partial charge in [-0.3, -0.25) is 0 Å². The Morgan fingerprint density at radius 3 is 2.33 bits per heavy atom. The Hall–Kier alpha value is -3.82. The van der Waals surface area contributed by atoms with E-state index in [4.69, 9.17) is 10.1 Å². The van der Waals surface area contributed by atoms with E-state index in [9.17, 15) is 4.39 Å². The van der Waals surface area contributed by atoms with Gasteiger partial charge in [0.15, 0.2) is 0 Å². The average Bonchev–Trinajstić information content (AvgIpc) is 2.93. The Morgan fingerprint density at radius 1 is 1.05 bits per heavy atom. The van der Waals surface area contributed by atoms with Gasteiger partial charge in [-0.1, -0.05) is 86.0 Å². The highest BCUT2D eigenvalue weighted by atomic mass is 19.1. The second-order valence-corrected chi connectivity index (χ2v) is 9.49. The van der Waals surface area contributed by atoms with Gasteiger partial charge in [-0.15, -0.1) is 0 Å². The van der Waals surface area contributed by atoms with Gasteiger partial charge in [0.2, 0.25) is 0 Å². The number of benzene rings is 3. The largest absolute Gasteiger partial charge is 0.376 e. The molecule has 0 bridgehead atoms. The van der Waals surface area contributed by atoms with Crippen LogP contribution in [-0.4, -0.2) is 12.8 Å². The van der Waals surface area contributed by atoms with Gasteiger partial charge < -0.3 is 10.1 Å². The molecule has 0 aliphatic carbocycles. The molecule has 4 rings (SSSR count). The third-order valence-corrected chi connectivity index (χ3v) is 6.58. The summed E-state index contributed by atoms with van der Waals surface area (Å²) in [6.45, 7) is 20.8. The Kier molecular flexibility index (Phi) is 13.1. The predicted molar refractivity (Wildman–Crippen MR) is 167 cm³/mol. The summed E-state index contributed by atoms with van der Waals surface area (Å²) in [5, 5.41) is 6.08. The topological polar surface area (TPSA) is 33.1 Å². The molecular weight excluding hydrogens is 481 g/mol. The van der Waals surface area contributed by atoms with Gasteiger partial charge in [0, 0.05) is 0 Å². The zero-order valence-electron chi connectivity index (χ0n) is 23.9. The van der Waals surface area contributed by atoms with Crippen LogP contribution in [0.5, 0.6) is 0 Å². The van der Waals surface area contributed by atoms with Gasteiger partial charge in [0.25, 0.3) is 0 Å². The molecule has 3 aromatic rings. The van der Waals surface area contributed by atoms with Crippen LogP contribution in [0.15, 0.2) is 104 Å². The number of nitrogens with one attached hydrogen (secondary N) is 1. The smallest absolute Gasteiger partial charge is 0.123 e. The summed E-state index contributed by atoms with van der Waals surface area (Å²) in [7, 11) is 0. The molecule has 0 fully saturated rings. The number of halogens is 1. The molecule has 1 aliphatic rings. The normalized spacial score (nSPS) is 12.1. The number of allylic oxidation sites excluding steroid dienone is 5. The molecule has 1 N–H and O–H groups in total. The van der Waals surface area contributed by atoms with Crippen LogP contribution in [-0.2, 0) is 24.2 Å². The van der Waals surface area contributed by atoms with E-state index in [0.717, 1.165) is 47.1 Å². The molecule has 39 heavy (non-hydrogen) atoms. The van der Waals surface area contributed by atoms with Crippen molar-refractivity contribution < 1.29 is 9.13 Å². The summed E-state index contributed by atoms with van der Waals surface area (Å²) in [5.41, 5.74) is 11.5. The minimum atomic E-state index is -0.175. The van der Waals surface area contributed by atoms with E-state index in [1.165, 1.54) is 34.0 Å². The van der Waals surface area contributed by atoms with E-state index in [-0.39, 0.29) is 5.82 Å². The van der Waals surface area contributed by atoms with Crippen molar-refractivity contribution in [2.45, 2.75) is 53.6 Å². The molecule has 0 spiro atoms. The number of rotatable bonds is 7. The Bertz CT molecular complexity index is 1320. The molecule has 3 aromatic carbocycles. The second kappa shape index (κ2) is 16.2. The lowest BCUT2D eigenvalue weighted by molar-refractivity contribution is 0.110. The van der Waals surface area contributed by atoms with Crippen LogP contribution in [0, 0.1) is 18.2 Å². The first-order chi connectivity index (χ1) is 18.8. The zero-order valence-corrected chi connectivity index (χ0v) is 23.9. The van der Waals surface area contributed by atoms with Crippen molar-refractivity contribution >= 4 is 11.8 Å². The third-order valence-electron chi connectivity index (χ3n) is 6.58. The Labute approximate surface area is 234 Å². The van der Waals surface area contributed by atoms with Crippen LogP contribution in [0.1, 0.15) is 55.0 Å². The molecule has 1 aliphatic heterocycles. The van der Waals surface area contributed by atoms with Gasteiger partial charge in [0.1, 0.15) is 5.82 Å². The van der Waals surface area contributed by atoms with Crippen molar-refractivity contribution in [1.29, 1.82) is 5.41 Å². The molecule has 0 unspecified atom stereocenters. The lowest BCUT2D eigenvalue weighted by Crippen LogP contribution is -2.13. The molecule has 1 heterocycles. The second-order valence-electron chi connectivity index (χ2n) is 9.49. The van der Waals surface area contributed by atoms with Crippen molar-refractivity contribution in [2.24, 2.45) is 0 Å². The molecule has 0 saturated heterocycles. The summed E-state index contributed by atoms with van der Waals surface area (Å²) in [5.74, 6) is -0.175. The van der Waals surface area contributed by atoms with Crippen LogP contribution in [0.2, 0.25) is 0 Å². The molecule has 0 atom stereocenters. The zero-order chi connectivity index (χ0) is 28.8. The minimum Gasteiger partial charge on any atom is -0.376 e. The van der Waals surface area contributed by atoms with Gasteiger partial charge in [-0.05, 0) is 115 Å². The monoisotopic (exact) mass is 523 g/mol. The first-order valence-corrected chi connectivity index (χ1v) is 13.4. The van der Waals surface area contributed by atoms with E-state index in [1.807, 2.05) is 32.1 Å². The fraction of sp³-hybridized carbons (Fsp3) is 0.250. The van der Waals surface area contributed by atoms with Crippen LogP contribution in [0.25, 0.3) is 16.7 Å². The number of hydrogen-bond acceptors (Lipinski definition) is 2. The number of aryl methyl sites for hydroxylation is 2. The van der Waals surface area contributed by atoms with Crippen molar-refractivity contribution in [3.05, 3.63) is 137 Å². The molecule has 0 saturated carbocycles. The molecular formula is C36H42FNO. The molecule has 204 valence electrons. The first-order valence-electron chi connectivity index (χ1n) is 13.4. The fourth-order valence-electron chi connectivity index (χ4n) is 4.73. The lowest BCUT2D eigenvalue weighted by atomic mass is 9.87. The maximum atomic E-state index is 14.1. The summed E-state index contributed by atoms with van der Waals surface area (Å²) in [6.07, 6.45) is 7.51. The quantitative estimate of drug-likeness (QED) is 0.243.